The Hall–Kier alpha value is -3.67. The topological polar surface area (TPSA) is 76.0 Å². The molecule has 2 amide bonds. The number of fused-ring (bicyclic) bond motifs is 2. The second-order valence-electron chi connectivity index (χ2n) is 5.97. The Morgan fingerprint density at radius 2 is 1.62 bits per heavy atom. The minimum absolute atomic E-state index is 0.238. The number of para-hydroxylation sites is 2. The van der Waals surface area contributed by atoms with Crippen LogP contribution < -0.4 is 10.9 Å². The standard InChI is InChI=1S/C20H16N4O2/c1-24-12-15(14-7-3-5-9-18(14)24)19(25)22-23-20(26)17-11-10-13-6-2-4-8-16(13)21-17/h2-12H,1H3,(H,22,25)(H,23,26). The Morgan fingerprint density at radius 3 is 2.50 bits per heavy atom. The minimum Gasteiger partial charge on any atom is -0.350 e. The minimum atomic E-state index is -0.468. The van der Waals surface area contributed by atoms with Crippen LogP contribution in [0.15, 0.2) is 66.9 Å². The summed E-state index contributed by atoms with van der Waals surface area (Å²) in [6.45, 7) is 0. The molecule has 4 rings (SSSR count). The molecular formula is C20H16N4O2. The average Bonchev–Trinajstić information content (AvgIpc) is 3.02. The van der Waals surface area contributed by atoms with Gasteiger partial charge in [0.05, 0.1) is 11.1 Å². The van der Waals surface area contributed by atoms with Crippen molar-refractivity contribution in [3.05, 3.63) is 78.1 Å². The Bertz CT molecular complexity index is 1150. The van der Waals surface area contributed by atoms with Gasteiger partial charge in [0.25, 0.3) is 11.8 Å². The van der Waals surface area contributed by atoms with Crippen LogP contribution in [-0.4, -0.2) is 21.4 Å². The molecule has 2 aromatic heterocycles. The number of benzene rings is 2. The van der Waals surface area contributed by atoms with Gasteiger partial charge in [-0.2, -0.15) is 0 Å². The van der Waals surface area contributed by atoms with Gasteiger partial charge in [-0.3, -0.25) is 20.4 Å². The molecule has 0 saturated carbocycles. The maximum Gasteiger partial charge on any atom is 0.288 e. The zero-order valence-corrected chi connectivity index (χ0v) is 14.1. The molecule has 0 aliphatic carbocycles. The molecule has 2 N–H and O–H groups in total. The average molecular weight is 344 g/mol. The monoisotopic (exact) mass is 344 g/mol. The summed E-state index contributed by atoms with van der Waals surface area (Å²) in [6.07, 6.45) is 1.74. The van der Waals surface area contributed by atoms with Crippen LogP contribution in [-0.2, 0) is 7.05 Å². The molecule has 6 nitrogen and oxygen atoms in total. The first-order chi connectivity index (χ1) is 12.6. The lowest BCUT2D eigenvalue weighted by molar-refractivity contribution is 0.0845. The van der Waals surface area contributed by atoms with Gasteiger partial charge < -0.3 is 4.57 Å². The van der Waals surface area contributed by atoms with Crippen LogP contribution in [0.5, 0.6) is 0 Å². The fourth-order valence-corrected chi connectivity index (χ4v) is 2.96. The Morgan fingerprint density at radius 1 is 0.885 bits per heavy atom. The molecule has 0 aliphatic heterocycles. The Labute approximate surface area is 149 Å². The SMILES string of the molecule is Cn1cc(C(=O)NNC(=O)c2ccc3ccccc3n2)c2ccccc21. The van der Waals surface area contributed by atoms with Crippen LogP contribution in [0.2, 0.25) is 0 Å². The second-order valence-corrected chi connectivity index (χ2v) is 5.97. The fraction of sp³-hybridized carbons (Fsp3) is 0.0500. The van der Waals surface area contributed by atoms with E-state index in [4.69, 9.17) is 0 Å². The third-order valence-corrected chi connectivity index (χ3v) is 4.26. The van der Waals surface area contributed by atoms with Crippen LogP contribution in [0.3, 0.4) is 0 Å². The highest BCUT2D eigenvalue weighted by Gasteiger charge is 2.15. The van der Waals surface area contributed by atoms with Crippen molar-refractivity contribution in [2.75, 3.05) is 0 Å². The lowest BCUT2D eigenvalue weighted by atomic mass is 10.2. The smallest absolute Gasteiger partial charge is 0.288 e. The third kappa shape index (κ3) is 2.77. The van der Waals surface area contributed by atoms with E-state index in [9.17, 15) is 9.59 Å². The number of rotatable bonds is 2. The van der Waals surface area contributed by atoms with Gasteiger partial charge in [-0.05, 0) is 18.2 Å². The van der Waals surface area contributed by atoms with Gasteiger partial charge in [0.15, 0.2) is 0 Å². The number of amides is 2. The zero-order chi connectivity index (χ0) is 18.1. The number of carbonyl (C=O) groups excluding carboxylic acids is 2. The predicted molar refractivity (Wildman–Crippen MR) is 99.6 cm³/mol. The highest BCUT2D eigenvalue weighted by molar-refractivity contribution is 6.08. The third-order valence-electron chi connectivity index (χ3n) is 4.26. The number of aryl methyl sites for hydroxylation is 1. The van der Waals surface area contributed by atoms with E-state index in [0.29, 0.717) is 5.56 Å². The van der Waals surface area contributed by atoms with Gasteiger partial charge in [0, 0.05) is 29.5 Å². The normalized spacial score (nSPS) is 10.8. The molecule has 128 valence electrons. The molecule has 2 heterocycles. The van der Waals surface area contributed by atoms with Crippen molar-refractivity contribution in [2.24, 2.45) is 7.05 Å². The number of pyridine rings is 1. The quantitative estimate of drug-likeness (QED) is 0.549. The number of aromatic nitrogens is 2. The van der Waals surface area contributed by atoms with E-state index in [1.54, 1.807) is 12.3 Å². The molecule has 4 aromatic rings. The summed E-state index contributed by atoms with van der Waals surface area (Å²) in [7, 11) is 1.87. The second kappa shape index (κ2) is 6.33. The lowest BCUT2D eigenvalue weighted by Gasteiger charge is -2.07. The van der Waals surface area contributed by atoms with E-state index in [-0.39, 0.29) is 11.6 Å². The lowest BCUT2D eigenvalue weighted by Crippen LogP contribution is -2.41. The van der Waals surface area contributed by atoms with Crippen molar-refractivity contribution in [2.45, 2.75) is 0 Å². The van der Waals surface area contributed by atoms with Gasteiger partial charge >= 0.3 is 0 Å². The van der Waals surface area contributed by atoms with E-state index in [1.807, 2.05) is 66.2 Å². The van der Waals surface area contributed by atoms with Crippen molar-refractivity contribution in [3.8, 4) is 0 Å². The van der Waals surface area contributed by atoms with Gasteiger partial charge in [-0.15, -0.1) is 0 Å². The fourth-order valence-electron chi connectivity index (χ4n) is 2.96. The van der Waals surface area contributed by atoms with Crippen molar-refractivity contribution >= 4 is 33.6 Å². The summed E-state index contributed by atoms with van der Waals surface area (Å²) in [5.41, 5.74) is 7.29. The highest BCUT2D eigenvalue weighted by atomic mass is 16.2. The molecule has 0 unspecified atom stereocenters. The van der Waals surface area contributed by atoms with Gasteiger partial charge in [0.1, 0.15) is 5.69 Å². The van der Waals surface area contributed by atoms with E-state index >= 15 is 0 Å². The van der Waals surface area contributed by atoms with Crippen molar-refractivity contribution in [1.29, 1.82) is 0 Å². The first-order valence-electron chi connectivity index (χ1n) is 8.14. The number of hydrazine groups is 1. The van der Waals surface area contributed by atoms with Crippen molar-refractivity contribution < 1.29 is 9.59 Å². The van der Waals surface area contributed by atoms with Gasteiger partial charge in [-0.1, -0.05) is 42.5 Å². The number of nitrogens with zero attached hydrogens (tertiary/aromatic N) is 2. The predicted octanol–water partition coefficient (Wildman–Crippen LogP) is 2.80. The summed E-state index contributed by atoms with van der Waals surface area (Å²) in [4.78, 5) is 29.1. The Kier molecular flexibility index (Phi) is 3.85. The number of hydrogen-bond acceptors (Lipinski definition) is 3. The molecule has 0 fully saturated rings. The highest BCUT2D eigenvalue weighted by Crippen LogP contribution is 2.19. The molecule has 0 saturated heterocycles. The maximum atomic E-state index is 12.5. The zero-order valence-electron chi connectivity index (χ0n) is 14.1. The largest absolute Gasteiger partial charge is 0.350 e. The van der Waals surface area contributed by atoms with Crippen molar-refractivity contribution in [3.63, 3.8) is 0 Å². The van der Waals surface area contributed by atoms with E-state index in [0.717, 1.165) is 21.8 Å². The molecule has 0 atom stereocenters. The summed E-state index contributed by atoms with van der Waals surface area (Å²) in [5, 5.41) is 1.77. The van der Waals surface area contributed by atoms with Crippen molar-refractivity contribution in [1.82, 2.24) is 20.4 Å². The molecule has 6 heteroatoms. The first-order valence-corrected chi connectivity index (χ1v) is 8.14. The maximum absolute atomic E-state index is 12.5. The van der Waals surface area contributed by atoms with Crippen LogP contribution in [0, 0.1) is 0 Å². The van der Waals surface area contributed by atoms with E-state index in [2.05, 4.69) is 15.8 Å². The Balaban J connectivity index is 1.52. The number of nitrogens with one attached hydrogen (secondary N) is 2. The number of hydrogen-bond donors (Lipinski definition) is 2. The van der Waals surface area contributed by atoms with Gasteiger partial charge in [0.2, 0.25) is 0 Å². The summed E-state index contributed by atoms with van der Waals surface area (Å²) >= 11 is 0. The molecule has 26 heavy (non-hydrogen) atoms. The van der Waals surface area contributed by atoms with Crippen LogP contribution in [0.4, 0.5) is 0 Å². The molecule has 0 bridgehead atoms. The summed E-state index contributed by atoms with van der Waals surface area (Å²) in [5.74, 6) is -0.847. The van der Waals surface area contributed by atoms with E-state index < -0.39 is 5.91 Å². The summed E-state index contributed by atoms with van der Waals surface area (Å²) < 4.78 is 1.87. The molecule has 0 aliphatic rings. The molecular weight excluding hydrogens is 328 g/mol. The van der Waals surface area contributed by atoms with Crippen LogP contribution in [0.25, 0.3) is 21.8 Å². The summed E-state index contributed by atoms with van der Waals surface area (Å²) in [6, 6.07) is 18.6. The van der Waals surface area contributed by atoms with E-state index in [1.165, 1.54) is 0 Å². The van der Waals surface area contributed by atoms with Gasteiger partial charge in [-0.25, -0.2) is 4.98 Å². The number of carbonyl (C=O) groups is 2. The van der Waals surface area contributed by atoms with Crippen LogP contribution in [0.1, 0.15) is 20.8 Å². The first kappa shape index (κ1) is 15.8. The molecule has 0 radical (unpaired) electrons. The molecule has 2 aromatic carbocycles. The van der Waals surface area contributed by atoms with Crippen LogP contribution >= 0.6 is 0 Å². The molecule has 0 spiro atoms.